The smallest absolute Gasteiger partial charge is 0.265 e. The molecule has 1 aliphatic heterocycles. The Morgan fingerprint density at radius 2 is 1.71 bits per heavy atom. The molecule has 6 nitrogen and oxygen atoms in total. The van der Waals surface area contributed by atoms with Gasteiger partial charge in [0.05, 0.1) is 5.69 Å². The van der Waals surface area contributed by atoms with Crippen LogP contribution in [0.5, 0.6) is 17.2 Å². The maximum Gasteiger partial charge on any atom is 0.265 e. The van der Waals surface area contributed by atoms with E-state index in [9.17, 15) is 9.59 Å². The molecule has 0 saturated heterocycles. The Labute approximate surface area is 162 Å². The molecule has 0 saturated carbocycles. The number of carbonyl (C=O) groups excluding carboxylic acids is 2. The molecular formula is C22H18N2O4. The Morgan fingerprint density at radius 1 is 1.00 bits per heavy atom. The third kappa shape index (κ3) is 3.81. The second-order valence-corrected chi connectivity index (χ2v) is 6.35. The fourth-order valence-corrected chi connectivity index (χ4v) is 2.79. The second-order valence-electron chi connectivity index (χ2n) is 6.35. The molecule has 2 N–H and O–H groups in total. The van der Waals surface area contributed by atoms with Gasteiger partial charge in [-0.1, -0.05) is 18.2 Å². The monoisotopic (exact) mass is 374 g/mol. The van der Waals surface area contributed by atoms with Crippen molar-refractivity contribution in [2.24, 2.45) is 0 Å². The average molecular weight is 374 g/mol. The fourth-order valence-electron chi connectivity index (χ4n) is 2.79. The van der Waals surface area contributed by atoms with E-state index in [1.165, 1.54) is 0 Å². The quantitative estimate of drug-likeness (QED) is 0.707. The summed E-state index contributed by atoms with van der Waals surface area (Å²) in [6, 6.07) is 21.4. The van der Waals surface area contributed by atoms with Crippen molar-refractivity contribution in [3.05, 3.63) is 78.4 Å². The number of fused-ring (bicyclic) bond motifs is 1. The van der Waals surface area contributed by atoms with Crippen LogP contribution in [0.15, 0.2) is 72.8 Å². The fraction of sp³-hybridized carbons (Fsp3) is 0.0909. The van der Waals surface area contributed by atoms with Crippen LogP contribution in [0.2, 0.25) is 0 Å². The number of ether oxygens (including phenoxy) is 2. The molecule has 140 valence electrons. The van der Waals surface area contributed by atoms with Gasteiger partial charge in [0.2, 0.25) is 0 Å². The first-order valence-electron chi connectivity index (χ1n) is 8.84. The zero-order valence-electron chi connectivity index (χ0n) is 15.1. The summed E-state index contributed by atoms with van der Waals surface area (Å²) in [7, 11) is 0. The van der Waals surface area contributed by atoms with Crippen LogP contribution in [-0.2, 0) is 4.79 Å². The molecule has 1 aliphatic rings. The van der Waals surface area contributed by atoms with E-state index < -0.39 is 6.10 Å². The number of anilines is 2. The minimum Gasteiger partial charge on any atom is -0.479 e. The Bertz CT molecular complexity index is 1020. The Balaban J connectivity index is 1.44. The molecule has 0 bridgehead atoms. The minimum absolute atomic E-state index is 0.218. The van der Waals surface area contributed by atoms with Crippen molar-refractivity contribution in [3.63, 3.8) is 0 Å². The highest BCUT2D eigenvalue weighted by molar-refractivity contribution is 6.05. The molecule has 0 fully saturated rings. The average Bonchev–Trinajstić information content (AvgIpc) is 2.70. The van der Waals surface area contributed by atoms with Gasteiger partial charge in [-0.15, -0.1) is 0 Å². The van der Waals surface area contributed by atoms with Crippen LogP contribution in [0.1, 0.15) is 17.3 Å². The van der Waals surface area contributed by atoms with Crippen molar-refractivity contribution >= 4 is 23.2 Å². The molecule has 0 radical (unpaired) electrons. The van der Waals surface area contributed by atoms with Crippen LogP contribution in [0.3, 0.4) is 0 Å². The van der Waals surface area contributed by atoms with Crippen molar-refractivity contribution in [2.75, 3.05) is 10.6 Å². The molecule has 1 heterocycles. The first-order chi connectivity index (χ1) is 13.6. The van der Waals surface area contributed by atoms with Gasteiger partial charge in [-0.2, -0.15) is 0 Å². The molecule has 0 spiro atoms. The topological polar surface area (TPSA) is 76.7 Å². The van der Waals surface area contributed by atoms with E-state index in [0.717, 1.165) is 5.75 Å². The van der Waals surface area contributed by atoms with E-state index in [2.05, 4.69) is 10.6 Å². The van der Waals surface area contributed by atoms with E-state index in [1.54, 1.807) is 49.4 Å². The summed E-state index contributed by atoms with van der Waals surface area (Å²) in [5.74, 6) is 1.47. The number of hydrogen-bond donors (Lipinski definition) is 2. The van der Waals surface area contributed by atoms with E-state index in [0.29, 0.717) is 28.4 Å². The van der Waals surface area contributed by atoms with E-state index in [1.807, 2.05) is 30.3 Å². The van der Waals surface area contributed by atoms with Gasteiger partial charge in [0.1, 0.15) is 17.2 Å². The molecule has 0 aliphatic carbocycles. The van der Waals surface area contributed by atoms with Crippen LogP contribution in [0.4, 0.5) is 11.4 Å². The zero-order chi connectivity index (χ0) is 19.5. The number of rotatable bonds is 4. The number of para-hydroxylation sites is 1. The number of carbonyl (C=O) groups is 2. The molecule has 4 rings (SSSR count). The van der Waals surface area contributed by atoms with Gasteiger partial charge in [0.25, 0.3) is 11.8 Å². The summed E-state index contributed by atoms with van der Waals surface area (Å²) in [6.07, 6.45) is -0.537. The first kappa shape index (κ1) is 17.6. The van der Waals surface area contributed by atoms with Gasteiger partial charge in [-0.05, 0) is 61.5 Å². The van der Waals surface area contributed by atoms with Gasteiger partial charge < -0.3 is 20.1 Å². The molecule has 0 unspecified atom stereocenters. The van der Waals surface area contributed by atoms with Gasteiger partial charge in [0.15, 0.2) is 6.10 Å². The van der Waals surface area contributed by atoms with Crippen LogP contribution in [0.25, 0.3) is 0 Å². The van der Waals surface area contributed by atoms with Crippen LogP contribution < -0.4 is 20.1 Å². The van der Waals surface area contributed by atoms with Crippen LogP contribution in [-0.4, -0.2) is 17.9 Å². The van der Waals surface area contributed by atoms with Crippen molar-refractivity contribution in [1.29, 1.82) is 0 Å². The summed E-state index contributed by atoms with van der Waals surface area (Å²) in [5.41, 5.74) is 1.59. The van der Waals surface area contributed by atoms with Crippen molar-refractivity contribution in [2.45, 2.75) is 13.0 Å². The lowest BCUT2D eigenvalue weighted by atomic mass is 10.1. The molecule has 3 aromatic carbocycles. The molecule has 3 aromatic rings. The highest BCUT2D eigenvalue weighted by Crippen LogP contribution is 2.32. The SMILES string of the molecule is C[C@H]1Oc2ccc(NC(=O)c3ccc(Oc4ccccc4)cc3)cc2NC1=O. The molecule has 6 heteroatoms. The first-order valence-corrected chi connectivity index (χ1v) is 8.84. The molecule has 2 amide bonds. The maximum atomic E-state index is 12.5. The van der Waals surface area contributed by atoms with Crippen molar-refractivity contribution in [1.82, 2.24) is 0 Å². The molecular weight excluding hydrogens is 356 g/mol. The Kier molecular flexibility index (Phi) is 4.68. The highest BCUT2D eigenvalue weighted by atomic mass is 16.5. The van der Waals surface area contributed by atoms with Gasteiger partial charge in [-0.25, -0.2) is 0 Å². The van der Waals surface area contributed by atoms with Crippen molar-refractivity contribution in [3.8, 4) is 17.2 Å². The predicted molar refractivity (Wildman–Crippen MR) is 106 cm³/mol. The largest absolute Gasteiger partial charge is 0.479 e. The predicted octanol–water partition coefficient (Wildman–Crippen LogP) is 4.45. The van der Waals surface area contributed by atoms with E-state index in [4.69, 9.17) is 9.47 Å². The Morgan fingerprint density at radius 3 is 2.46 bits per heavy atom. The summed E-state index contributed by atoms with van der Waals surface area (Å²) in [5, 5.41) is 5.58. The third-order valence-corrected chi connectivity index (χ3v) is 4.26. The number of amides is 2. The lowest BCUT2D eigenvalue weighted by molar-refractivity contribution is -0.122. The number of benzene rings is 3. The maximum absolute atomic E-state index is 12.5. The van der Waals surface area contributed by atoms with Gasteiger partial charge >= 0.3 is 0 Å². The summed E-state index contributed by atoms with van der Waals surface area (Å²) in [6.45, 7) is 1.68. The molecule has 1 atom stereocenters. The third-order valence-electron chi connectivity index (χ3n) is 4.26. The standard InChI is InChI=1S/C22H18N2O4/c1-14-21(25)24-19-13-16(9-12-20(19)27-14)23-22(26)15-7-10-18(11-8-15)28-17-5-3-2-4-6-17/h2-14H,1H3,(H,23,26)(H,24,25)/t14-/m1/s1. The lowest BCUT2D eigenvalue weighted by Crippen LogP contribution is -2.34. The number of nitrogens with one attached hydrogen (secondary N) is 2. The number of hydrogen-bond acceptors (Lipinski definition) is 4. The Hall–Kier alpha value is -3.80. The van der Waals surface area contributed by atoms with Crippen molar-refractivity contribution < 1.29 is 19.1 Å². The van der Waals surface area contributed by atoms with Gasteiger partial charge in [-0.3, -0.25) is 9.59 Å². The summed E-state index contributed by atoms with van der Waals surface area (Å²) >= 11 is 0. The van der Waals surface area contributed by atoms with E-state index >= 15 is 0 Å². The molecule has 28 heavy (non-hydrogen) atoms. The summed E-state index contributed by atoms with van der Waals surface area (Å²) < 4.78 is 11.2. The summed E-state index contributed by atoms with van der Waals surface area (Å²) in [4.78, 5) is 24.2. The lowest BCUT2D eigenvalue weighted by Gasteiger charge is -2.23. The van der Waals surface area contributed by atoms with Crippen LogP contribution in [0, 0.1) is 0 Å². The second kappa shape index (κ2) is 7.44. The minimum atomic E-state index is -0.537. The highest BCUT2D eigenvalue weighted by Gasteiger charge is 2.23. The van der Waals surface area contributed by atoms with E-state index in [-0.39, 0.29) is 11.8 Å². The molecule has 0 aromatic heterocycles. The zero-order valence-corrected chi connectivity index (χ0v) is 15.1. The normalized spacial score (nSPS) is 15.0. The van der Waals surface area contributed by atoms with Crippen LogP contribution >= 0.6 is 0 Å². The van der Waals surface area contributed by atoms with Gasteiger partial charge in [0, 0.05) is 11.3 Å².